The lowest BCUT2D eigenvalue weighted by molar-refractivity contribution is 0.0921. The zero-order valence-corrected chi connectivity index (χ0v) is 11.4. The lowest BCUT2D eigenvalue weighted by Crippen LogP contribution is -2.49. The molecule has 1 aliphatic carbocycles. The highest BCUT2D eigenvalue weighted by molar-refractivity contribution is 5.94. The predicted octanol–water partition coefficient (Wildman–Crippen LogP) is 2.08. The van der Waals surface area contributed by atoms with Gasteiger partial charge in [-0.15, -0.1) is 0 Å². The van der Waals surface area contributed by atoms with E-state index in [2.05, 4.69) is 5.32 Å². The standard InChI is InChI=1S/C15H22N2O2/c1-2-19-12-9-7-11(8-10-12)15(18)17-14-6-4-3-5-13(14)16/h7-10,13-14H,2-6,16H2,1H3,(H,17,18)/t13-,14-/m0/s1. The van der Waals surface area contributed by atoms with Gasteiger partial charge in [0.25, 0.3) is 5.91 Å². The highest BCUT2D eigenvalue weighted by Gasteiger charge is 2.23. The molecule has 0 spiro atoms. The molecule has 104 valence electrons. The normalized spacial score (nSPS) is 22.8. The van der Waals surface area contributed by atoms with Crippen molar-refractivity contribution < 1.29 is 9.53 Å². The molecule has 0 saturated heterocycles. The van der Waals surface area contributed by atoms with Crippen molar-refractivity contribution in [1.82, 2.24) is 5.32 Å². The van der Waals surface area contributed by atoms with Crippen molar-refractivity contribution in [1.29, 1.82) is 0 Å². The molecule has 0 unspecified atom stereocenters. The van der Waals surface area contributed by atoms with Crippen LogP contribution in [-0.4, -0.2) is 24.6 Å². The molecule has 0 heterocycles. The second-order valence-electron chi connectivity index (χ2n) is 4.99. The van der Waals surface area contributed by atoms with Gasteiger partial charge in [-0.05, 0) is 44.0 Å². The second kappa shape index (κ2) is 6.57. The second-order valence-corrected chi connectivity index (χ2v) is 4.99. The Morgan fingerprint density at radius 3 is 2.63 bits per heavy atom. The van der Waals surface area contributed by atoms with E-state index in [-0.39, 0.29) is 18.0 Å². The summed E-state index contributed by atoms with van der Waals surface area (Å²) in [5.41, 5.74) is 6.69. The van der Waals surface area contributed by atoms with Gasteiger partial charge in [0.2, 0.25) is 0 Å². The zero-order chi connectivity index (χ0) is 13.7. The molecular weight excluding hydrogens is 240 g/mol. The first-order valence-electron chi connectivity index (χ1n) is 7.00. The maximum atomic E-state index is 12.1. The van der Waals surface area contributed by atoms with E-state index in [4.69, 9.17) is 10.5 Å². The molecule has 3 N–H and O–H groups in total. The van der Waals surface area contributed by atoms with Crippen LogP contribution >= 0.6 is 0 Å². The number of rotatable bonds is 4. The summed E-state index contributed by atoms with van der Waals surface area (Å²) >= 11 is 0. The summed E-state index contributed by atoms with van der Waals surface area (Å²) in [6.45, 7) is 2.56. The molecule has 2 atom stereocenters. The van der Waals surface area contributed by atoms with Gasteiger partial charge in [-0.3, -0.25) is 4.79 Å². The highest BCUT2D eigenvalue weighted by atomic mass is 16.5. The van der Waals surface area contributed by atoms with Crippen LogP contribution in [0.3, 0.4) is 0 Å². The van der Waals surface area contributed by atoms with E-state index in [0.29, 0.717) is 12.2 Å². The Bertz CT molecular complexity index is 417. The maximum absolute atomic E-state index is 12.1. The molecule has 1 amide bonds. The third-order valence-electron chi connectivity index (χ3n) is 3.56. The predicted molar refractivity (Wildman–Crippen MR) is 75.3 cm³/mol. The molecule has 1 aromatic carbocycles. The molecule has 2 rings (SSSR count). The van der Waals surface area contributed by atoms with Crippen molar-refractivity contribution >= 4 is 5.91 Å². The highest BCUT2D eigenvalue weighted by Crippen LogP contribution is 2.18. The van der Waals surface area contributed by atoms with E-state index in [9.17, 15) is 4.79 Å². The van der Waals surface area contributed by atoms with Crippen molar-refractivity contribution in [2.24, 2.45) is 5.73 Å². The smallest absolute Gasteiger partial charge is 0.251 e. The number of nitrogens with one attached hydrogen (secondary N) is 1. The number of benzene rings is 1. The Morgan fingerprint density at radius 1 is 1.32 bits per heavy atom. The summed E-state index contributed by atoms with van der Waals surface area (Å²) in [7, 11) is 0. The summed E-state index contributed by atoms with van der Waals surface area (Å²) in [4.78, 5) is 12.1. The van der Waals surface area contributed by atoms with Gasteiger partial charge in [0.1, 0.15) is 5.75 Å². The Kier molecular flexibility index (Phi) is 4.80. The monoisotopic (exact) mass is 262 g/mol. The molecule has 0 aromatic heterocycles. The SMILES string of the molecule is CCOc1ccc(C(=O)N[C@H]2CCCC[C@@H]2N)cc1. The van der Waals surface area contributed by atoms with Crippen molar-refractivity contribution in [2.45, 2.75) is 44.7 Å². The van der Waals surface area contributed by atoms with Gasteiger partial charge in [-0.1, -0.05) is 12.8 Å². The van der Waals surface area contributed by atoms with E-state index in [1.807, 2.05) is 19.1 Å². The maximum Gasteiger partial charge on any atom is 0.251 e. The molecule has 1 aromatic rings. The number of hydrogen-bond donors (Lipinski definition) is 2. The Hall–Kier alpha value is -1.55. The Morgan fingerprint density at radius 2 is 2.00 bits per heavy atom. The van der Waals surface area contributed by atoms with Crippen LogP contribution in [0.25, 0.3) is 0 Å². The number of nitrogens with two attached hydrogens (primary N) is 1. The van der Waals surface area contributed by atoms with Crippen LogP contribution < -0.4 is 15.8 Å². The van der Waals surface area contributed by atoms with Crippen molar-refractivity contribution in [3.8, 4) is 5.75 Å². The van der Waals surface area contributed by atoms with Crippen LogP contribution in [0.5, 0.6) is 5.75 Å². The topological polar surface area (TPSA) is 64.3 Å². The van der Waals surface area contributed by atoms with E-state index in [1.165, 1.54) is 0 Å². The van der Waals surface area contributed by atoms with Crippen LogP contribution in [-0.2, 0) is 0 Å². The fourth-order valence-corrected chi connectivity index (χ4v) is 2.46. The molecule has 4 nitrogen and oxygen atoms in total. The largest absolute Gasteiger partial charge is 0.494 e. The first-order chi connectivity index (χ1) is 9.20. The van der Waals surface area contributed by atoms with Crippen LogP contribution in [0.1, 0.15) is 43.0 Å². The number of carbonyl (C=O) groups excluding carboxylic acids is 1. The minimum atomic E-state index is -0.0506. The fourth-order valence-electron chi connectivity index (χ4n) is 2.46. The van der Waals surface area contributed by atoms with Crippen LogP contribution in [0.4, 0.5) is 0 Å². The first kappa shape index (κ1) is 13.9. The summed E-state index contributed by atoms with van der Waals surface area (Å²) in [6.07, 6.45) is 4.27. The van der Waals surface area contributed by atoms with Gasteiger partial charge in [0.15, 0.2) is 0 Å². The molecule has 1 aliphatic rings. The van der Waals surface area contributed by atoms with Crippen molar-refractivity contribution in [2.75, 3.05) is 6.61 Å². The van der Waals surface area contributed by atoms with Gasteiger partial charge in [-0.2, -0.15) is 0 Å². The van der Waals surface area contributed by atoms with Crippen LogP contribution in [0, 0.1) is 0 Å². The number of amides is 1. The lowest BCUT2D eigenvalue weighted by atomic mass is 9.91. The third-order valence-corrected chi connectivity index (χ3v) is 3.56. The summed E-state index contributed by atoms with van der Waals surface area (Å²) in [6, 6.07) is 7.40. The van der Waals surface area contributed by atoms with Gasteiger partial charge >= 0.3 is 0 Å². The van der Waals surface area contributed by atoms with Gasteiger partial charge in [-0.25, -0.2) is 0 Å². The lowest BCUT2D eigenvalue weighted by Gasteiger charge is -2.29. The van der Waals surface area contributed by atoms with Gasteiger partial charge in [0, 0.05) is 17.6 Å². The fraction of sp³-hybridized carbons (Fsp3) is 0.533. The van der Waals surface area contributed by atoms with Crippen molar-refractivity contribution in [3.05, 3.63) is 29.8 Å². The van der Waals surface area contributed by atoms with E-state index >= 15 is 0 Å². The number of carbonyl (C=O) groups is 1. The minimum Gasteiger partial charge on any atom is -0.494 e. The summed E-state index contributed by atoms with van der Waals surface area (Å²) in [5, 5.41) is 3.03. The van der Waals surface area contributed by atoms with E-state index in [1.54, 1.807) is 12.1 Å². The molecule has 0 aliphatic heterocycles. The molecule has 4 heteroatoms. The average Bonchev–Trinajstić information content (AvgIpc) is 2.42. The molecular formula is C15H22N2O2. The van der Waals surface area contributed by atoms with Crippen LogP contribution in [0.15, 0.2) is 24.3 Å². The number of ether oxygens (including phenoxy) is 1. The molecule has 19 heavy (non-hydrogen) atoms. The minimum absolute atomic E-state index is 0.0506. The average molecular weight is 262 g/mol. The third kappa shape index (κ3) is 3.70. The first-order valence-corrected chi connectivity index (χ1v) is 7.00. The number of hydrogen-bond acceptors (Lipinski definition) is 3. The van der Waals surface area contributed by atoms with Gasteiger partial charge < -0.3 is 15.8 Å². The zero-order valence-electron chi connectivity index (χ0n) is 11.4. The van der Waals surface area contributed by atoms with E-state index < -0.39 is 0 Å². The Balaban J connectivity index is 1.95. The molecule has 0 bridgehead atoms. The summed E-state index contributed by atoms with van der Waals surface area (Å²) < 4.78 is 5.36. The van der Waals surface area contributed by atoms with Crippen LogP contribution in [0.2, 0.25) is 0 Å². The van der Waals surface area contributed by atoms with Crippen molar-refractivity contribution in [3.63, 3.8) is 0 Å². The molecule has 1 saturated carbocycles. The van der Waals surface area contributed by atoms with E-state index in [0.717, 1.165) is 31.4 Å². The molecule has 0 radical (unpaired) electrons. The quantitative estimate of drug-likeness (QED) is 0.873. The summed E-state index contributed by atoms with van der Waals surface area (Å²) in [5.74, 6) is 0.735. The molecule has 1 fully saturated rings. The van der Waals surface area contributed by atoms with Gasteiger partial charge in [0.05, 0.1) is 6.61 Å². The Labute approximate surface area is 114 Å².